The van der Waals surface area contributed by atoms with Crippen molar-refractivity contribution in [1.82, 2.24) is 0 Å². The number of nitrogens with one attached hydrogen (secondary N) is 1. The maximum absolute atomic E-state index is 8.23. The predicted molar refractivity (Wildman–Crippen MR) is 121 cm³/mol. The first-order valence-corrected chi connectivity index (χ1v) is 12.8. The standard InChI is InChI=1S/C27H47N/c1-18(2)7-6-8-19(3)23-11-12-24-22-10-9-20-17-21(28)13-15-26(20,4)25(22)14-16-27(23,24)5/h18-20,22-25,28H,6-17H2,1-5H3/t19-,20?,22+,23-,24+,25+,26+,27-/m1/s1. The monoisotopic (exact) mass is 385 g/mol. The van der Waals surface area contributed by atoms with Gasteiger partial charge in [-0.2, -0.15) is 0 Å². The van der Waals surface area contributed by atoms with Gasteiger partial charge in [-0.15, -0.1) is 0 Å². The number of rotatable bonds is 5. The van der Waals surface area contributed by atoms with Crippen LogP contribution >= 0.6 is 0 Å². The van der Waals surface area contributed by atoms with Crippen molar-refractivity contribution in [1.29, 1.82) is 5.41 Å². The summed E-state index contributed by atoms with van der Waals surface area (Å²) >= 11 is 0. The lowest BCUT2D eigenvalue weighted by Gasteiger charge is -2.60. The van der Waals surface area contributed by atoms with E-state index in [1.54, 1.807) is 0 Å². The van der Waals surface area contributed by atoms with Crippen LogP contribution in [0, 0.1) is 57.7 Å². The Labute approximate surface area is 175 Å². The van der Waals surface area contributed by atoms with Crippen LogP contribution in [-0.2, 0) is 0 Å². The van der Waals surface area contributed by atoms with Gasteiger partial charge in [0.05, 0.1) is 0 Å². The summed E-state index contributed by atoms with van der Waals surface area (Å²) in [6.07, 6.45) is 16.8. The molecule has 4 aliphatic rings. The van der Waals surface area contributed by atoms with Gasteiger partial charge < -0.3 is 5.41 Å². The highest BCUT2D eigenvalue weighted by Gasteiger charge is 2.60. The molecule has 28 heavy (non-hydrogen) atoms. The zero-order valence-corrected chi connectivity index (χ0v) is 19.5. The molecule has 4 saturated carbocycles. The molecular formula is C27H47N. The minimum Gasteiger partial charge on any atom is -0.310 e. The first-order valence-electron chi connectivity index (χ1n) is 12.8. The van der Waals surface area contributed by atoms with Crippen LogP contribution in [0.15, 0.2) is 0 Å². The van der Waals surface area contributed by atoms with Gasteiger partial charge in [-0.25, -0.2) is 0 Å². The van der Waals surface area contributed by atoms with Crippen LogP contribution in [-0.4, -0.2) is 5.71 Å². The lowest BCUT2D eigenvalue weighted by Crippen LogP contribution is -2.53. The van der Waals surface area contributed by atoms with Crippen LogP contribution in [0.5, 0.6) is 0 Å². The van der Waals surface area contributed by atoms with Gasteiger partial charge in [-0.05, 0) is 110 Å². The van der Waals surface area contributed by atoms with Crippen LogP contribution < -0.4 is 0 Å². The van der Waals surface area contributed by atoms with Gasteiger partial charge in [0.25, 0.3) is 0 Å². The molecule has 8 atom stereocenters. The Morgan fingerprint density at radius 1 is 0.893 bits per heavy atom. The van der Waals surface area contributed by atoms with E-state index in [0.717, 1.165) is 60.0 Å². The third-order valence-electron chi connectivity index (χ3n) is 10.7. The van der Waals surface area contributed by atoms with Gasteiger partial charge in [-0.1, -0.05) is 53.9 Å². The highest BCUT2D eigenvalue weighted by molar-refractivity contribution is 5.82. The molecule has 1 heteroatoms. The summed E-state index contributed by atoms with van der Waals surface area (Å²) in [5.74, 6) is 6.56. The average molecular weight is 386 g/mol. The van der Waals surface area contributed by atoms with Crippen molar-refractivity contribution < 1.29 is 0 Å². The van der Waals surface area contributed by atoms with Crippen molar-refractivity contribution in [2.24, 2.45) is 52.3 Å². The molecule has 0 spiro atoms. The Kier molecular flexibility index (Phi) is 5.78. The first-order chi connectivity index (χ1) is 13.3. The van der Waals surface area contributed by atoms with Gasteiger partial charge >= 0.3 is 0 Å². The lowest BCUT2D eigenvalue weighted by molar-refractivity contribution is -0.105. The molecule has 0 aromatic rings. The highest BCUT2D eigenvalue weighted by Crippen LogP contribution is 2.68. The molecule has 0 heterocycles. The number of hydrogen-bond acceptors (Lipinski definition) is 1. The maximum atomic E-state index is 8.23. The zero-order chi connectivity index (χ0) is 20.1. The molecule has 0 amide bonds. The van der Waals surface area contributed by atoms with Gasteiger partial charge in [-0.3, -0.25) is 0 Å². The predicted octanol–water partition coefficient (Wildman–Crippen LogP) is 8.13. The molecule has 1 nitrogen and oxygen atoms in total. The molecule has 0 aromatic heterocycles. The van der Waals surface area contributed by atoms with Gasteiger partial charge in [0, 0.05) is 5.71 Å². The summed E-state index contributed by atoms with van der Waals surface area (Å²) in [7, 11) is 0. The van der Waals surface area contributed by atoms with Crippen molar-refractivity contribution in [2.45, 2.75) is 112 Å². The van der Waals surface area contributed by atoms with Crippen molar-refractivity contribution in [2.75, 3.05) is 0 Å². The smallest absolute Gasteiger partial charge is 0.00923 e. The van der Waals surface area contributed by atoms with E-state index in [1.165, 1.54) is 64.2 Å². The maximum Gasteiger partial charge on any atom is 0.00923 e. The molecule has 1 N–H and O–H groups in total. The largest absolute Gasteiger partial charge is 0.310 e. The molecule has 4 fully saturated rings. The fourth-order valence-electron chi connectivity index (χ4n) is 9.10. The van der Waals surface area contributed by atoms with Crippen LogP contribution in [0.4, 0.5) is 0 Å². The second-order valence-corrected chi connectivity index (χ2v) is 12.5. The van der Waals surface area contributed by atoms with Gasteiger partial charge in [0.15, 0.2) is 0 Å². The van der Waals surface area contributed by atoms with Crippen LogP contribution in [0.1, 0.15) is 112 Å². The highest BCUT2D eigenvalue weighted by atomic mass is 14.7. The fraction of sp³-hybridized carbons (Fsp3) is 0.963. The molecule has 0 bridgehead atoms. The van der Waals surface area contributed by atoms with E-state index in [9.17, 15) is 0 Å². The van der Waals surface area contributed by atoms with E-state index in [0.29, 0.717) is 10.8 Å². The Bertz CT molecular complexity index is 579. The van der Waals surface area contributed by atoms with Crippen LogP contribution in [0.2, 0.25) is 0 Å². The van der Waals surface area contributed by atoms with Gasteiger partial charge in [0.2, 0.25) is 0 Å². The van der Waals surface area contributed by atoms with E-state index in [-0.39, 0.29) is 0 Å². The third-order valence-corrected chi connectivity index (χ3v) is 10.7. The number of hydrogen-bond donors (Lipinski definition) is 1. The molecular weight excluding hydrogens is 338 g/mol. The van der Waals surface area contributed by atoms with E-state index in [1.807, 2.05) is 0 Å². The second-order valence-electron chi connectivity index (χ2n) is 12.5. The minimum absolute atomic E-state index is 0.551. The molecule has 0 aliphatic heterocycles. The van der Waals surface area contributed by atoms with Crippen molar-refractivity contribution in [3.8, 4) is 0 Å². The summed E-state index contributed by atoms with van der Waals surface area (Å²) in [5.41, 5.74) is 2.23. The third kappa shape index (κ3) is 3.41. The molecule has 4 rings (SSSR count). The van der Waals surface area contributed by atoms with Crippen LogP contribution in [0.25, 0.3) is 0 Å². The summed E-state index contributed by atoms with van der Waals surface area (Å²) in [6.45, 7) is 12.7. The summed E-state index contributed by atoms with van der Waals surface area (Å²) < 4.78 is 0. The average Bonchev–Trinajstić information content (AvgIpc) is 2.99. The molecule has 0 aromatic carbocycles. The Hall–Kier alpha value is -0.330. The zero-order valence-electron chi connectivity index (χ0n) is 19.5. The minimum atomic E-state index is 0.551. The summed E-state index contributed by atoms with van der Waals surface area (Å²) in [5, 5.41) is 8.23. The van der Waals surface area contributed by atoms with Crippen molar-refractivity contribution >= 4 is 5.71 Å². The first kappa shape index (κ1) is 20.9. The normalized spacial score (nSPS) is 46.8. The van der Waals surface area contributed by atoms with E-state index in [4.69, 9.17) is 5.41 Å². The Balaban J connectivity index is 1.47. The molecule has 160 valence electrons. The summed E-state index contributed by atoms with van der Waals surface area (Å²) in [4.78, 5) is 0. The molecule has 4 aliphatic carbocycles. The topological polar surface area (TPSA) is 23.9 Å². The van der Waals surface area contributed by atoms with Gasteiger partial charge in [0.1, 0.15) is 0 Å². The quantitative estimate of drug-likeness (QED) is 0.494. The fourth-order valence-corrected chi connectivity index (χ4v) is 9.10. The SMILES string of the molecule is CC(C)CCC[C@@H](C)[C@H]1CC[C@H]2[C@@H]3CCC4CC(=N)CC[C@]4(C)[C@H]3CC[C@]12C. The van der Waals surface area contributed by atoms with Crippen molar-refractivity contribution in [3.63, 3.8) is 0 Å². The molecule has 0 saturated heterocycles. The Morgan fingerprint density at radius 3 is 2.39 bits per heavy atom. The van der Waals surface area contributed by atoms with Crippen LogP contribution in [0.3, 0.4) is 0 Å². The number of fused-ring (bicyclic) bond motifs is 5. The molecule has 0 radical (unpaired) electrons. The lowest BCUT2D eigenvalue weighted by atomic mass is 9.44. The van der Waals surface area contributed by atoms with Crippen molar-refractivity contribution in [3.05, 3.63) is 0 Å². The Morgan fingerprint density at radius 2 is 1.64 bits per heavy atom. The summed E-state index contributed by atoms with van der Waals surface area (Å²) in [6, 6.07) is 0. The second kappa shape index (κ2) is 7.73. The molecule has 1 unspecified atom stereocenters. The van der Waals surface area contributed by atoms with E-state index >= 15 is 0 Å². The van der Waals surface area contributed by atoms with E-state index < -0.39 is 0 Å². The van der Waals surface area contributed by atoms with E-state index in [2.05, 4.69) is 34.6 Å².